The predicted octanol–water partition coefficient (Wildman–Crippen LogP) is 2.99. The van der Waals surface area contributed by atoms with E-state index >= 15 is 0 Å². The minimum Gasteiger partial charge on any atom is -0.430 e. The molecule has 12 heteroatoms. The van der Waals surface area contributed by atoms with E-state index in [0.717, 1.165) is 0 Å². The van der Waals surface area contributed by atoms with Crippen LogP contribution in [0.2, 0.25) is 0 Å². The molecule has 112 valence electrons. The Hall–Kier alpha value is -1.36. The molecule has 1 fully saturated rings. The number of ether oxygens (including phenoxy) is 2. The summed E-state index contributed by atoms with van der Waals surface area (Å²) >= 11 is 0. The van der Waals surface area contributed by atoms with E-state index in [2.05, 4.69) is 9.47 Å². The fourth-order valence-corrected chi connectivity index (χ4v) is 1.10. The Kier molecular flexibility index (Phi) is 3.36. The van der Waals surface area contributed by atoms with Crippen LogP contribution in [0.5, 0.6) is 0 Å². The van der Waals surface area contributed by atoms with Gasteiger partial charge in [-0.1, -0.05) is 0 Å². The Labute approximate surface area is 97.8 Å². The van der Waals surface area contributed by atoms with Gasteiger partial charge >= 0.3 is 30.1 Å². The average molecular weight is 306 g/mol. The van der Waals surface area contributed by atoms with Gasteiger partial charge in [-0.2, -0.15) is 39.5 Å². The lowest BCUT2D eigenvalue weighted by Crippen LogP contribution is -2.64. The molecule has 0 radical (unpaired) electrons. The second-order valence-electron chi connectivity index (χ2n) is 3.44. The third kappa shape index (κ3) is 2.16. The molecule has 3 nitrogen and oxygen atoms in total. The van der Waals surface area contributed by atoms with Gasteiger partial charge in [0, 0.05) is 0 Å². The molecule has 0 unspecified atom stereocenters. The van der Waals surface area contributed by atoms with Crippen molar-refractivity contribution in [2.45, 2.75) is 30.0 Å². The molecule has 0 aromatic heterocycles. The molecule has 1 rings (SSSR count). The van der Waals surface area contributed by atoms with E-state index in [9.17, 15) is 44.3 Å². The number of alkyl halides is 9. The monoisotopic (exact) mass is 306 g/mol. The first-order valence-electron chi connectivity index (χ1n) is 4.28. The summed E-state index contributed by atoms with van der Waals surface area (Å²) < 4.78 is 119. The van der Waals surface area contributed by atoms with Crippen molar-refractivity contribution in [2.75, 3.05) is 6.61 Å². The molecular formula is C7H3F9O3. The largest absolute Gasteiger partial charge is 0.509 e. The van der Waals surface area contributed by atoms with E-state index in [1.165, 1.54) is 0 Å². The van der Waals surface area contributed by atoms with E-state index in [-0.39, 0.29) is 0 Å². The van der Waals surface area contributed by atoms with Gasteiger partial charge in [0.05, 0.1) is 0 Å². The molecule has 0 aromatic carbocycles. The highest BCUT2D eigenvalue weighted by Gasteiger charge is 2.84. The molecule has 1 heterocycles. The topological polar surface area (TPSA) is 35.5 Å². The Morgan fingerprint density at radius 1 is 0.895 bits per heavy atom. The first kappa shape index (κ1) is 15.7. The van der Waals surface area contributed by atoms with Crippen LogP contribution in [-0.2, 0) is 9.47 Å². The van der Waals surface area contributed by atoms with E-state index in [1.54, 1.807) is 0 Å². The lowest BCUT2D eigenvalue weighted by Gasteiger charge is -2.34. The van der Waals surface area contributed by atoms with Crippen molar-refractivity contribution in [3.05, 3.63) is 0 Å². The maximum absolute atomic E-state index is 13.0. The number of rotatable bonds is 3. The molecule has 1 saturated heterocycles. The standard InChI is InChI=1S/C7H3F9O3/c8-4(9,2-1-18-3(17)19-2)5(10,11)6(12,13)7(14,15)16/h2H,1H2/t2-/m0/s1. The lowest BCUT2D eigenvalue weighted by molar-refractivity contribution is -0.404. The van der Waals surface area contributed by atoms with Gasteiger partial charge in [0.1, 0.15) is 6.61 Å². The molecule has 19 heavy (non-hydrogen) atoms. The van der Waals surface area contributed by atoms with Crippen LogP contribution in [0.1, 0.15) is 0 Å². The van der Waals surface area contributed by atoms with Crippen LogP contribution in [0.25, 0.3) is 0 Å². The summed E-state index contributed by atoms with van der Waals surface area (Å²) in [6, 6.07) is 0. The Balaban J connectivity index is 3.14. The maximum atomic E-state index is 13.0. The van der Waals surface area contributed by atoms with Crippen LogP contribution >= 0.6 is 0 Å². The predicted molar refractivity (Wildman–Crippen MR) is 37.1 cm³/mol. The van der Waals surface area contributed by atoms with Crippen molar-refractivity contribution in [1.29, 1.82) is 0 Å². The van der Waals surface area contributed by atoms with Crippen LogP contribution in [0.15, 0.2) is 0 Å². The van der Waals surface area contributed by atoms with Crippen molar-refractivity contribution in [1.82, 2.24) is 0 Å². The molecule has 1 aliphatic rings. The summed E-state index contributed by atoms with van der Waals surface area (Å²) in [5.74, 6) is -19.8. The van der Waals surface area contributed by atoms with E-state index < -0.39 is 42.8 Å². The third-order valence-electron chi connectivity index (χ3n) is 2.16. The summed E-state index contributed by atoms with van der Waals surface area (Å²) in [5.41, 5.74) is 0. The molecule has 1 aliphatic heterocycles. The SMILES string of the molecule is O=C1OC[C@@H](C(F)(F)C(F)(F)C(F)(F)C(F)(F)F)O1. The molecule has 0 bridgehead atoms. The van der Waals surface area contributed by atoms with Crippen molar-refractivity contribution >= 4 is 6.16 Å². The van der Waals surface area contributed by atoms with Crippen molar-refractivity contribution < 1.29 is 53.8 Å². The van der Waals surface area contributed by atoms with E-state index in [1.807, 2.05) is 0 Å². The van der Waals surface area contributed by atoms with Crippen molar-refractivity contribution in [2.24, 2.45) is 0 Å². The van der Waals surface area contributed by atoms with Gasteiger partial charge in [0.15, 0.2) is 0 Å². The second kappa shape index (κ2) is 4.07. The van der Waals surface area contributed by atoms with Gasteiger partial charge < -0.3 is 9.47 Å². The van der Waals surface area contributed by atoms with E-state index in [0.29, 0.717) is 0 Å². The molecule has 0 N–H and O–H groups in total. The Morgan fingerprint density at radius 3 is 1.68 bits per heavy atom. The van der Waals surface area contributed by atoms with Crippen LogP contribution in [0.4, 0.5) is 44.3 Å². The quantitative estimate of drug-likeness (QED) is 0.594. The van der Waals surface area contributed by atoms with Crippen LogP contribution in [0, 0.1) is 0 Å². The van der Waals surface area contributed by atoms with Gasteiger partial charge in [0.25, 0.3) is 0 Å². The highest BCUT2D eigenvalue weighted by Crippen LogP contribution is 2.54. The number of carbonyl (C=O) groups is 1. The second-order valence-corrected chi connectivity index (χ2v) is 3.44. The number of cyclic esters (lactones) is 2. The van der Waals surface area contributed by atoms with Gasteiger partial charge in [0.2, 0.25) is 6.10 Å². The minimum atomic E-state index is -7.02. The van der Waals surface area contributed by atoms with Gasteiger partial charge in [-0.05, 0) is 0 Å². The Bertz CT molecular complexity index is 374. The fourth-order valence-electron chi connectivity index (χ4n) is 1.10. The summed E-state index contributed by atoms with van der Waals surface area (Å²) in [6.45, 7) is -1.57. The molecule has 0 amide bonds. The van der Waals surface area contributed by atoms with Crippen LogP contribution in [0.3, 0.4) is 0 Å². The summed E-state index contributed by atoms with van der Waals surface area (Å²) in [6.07, 6.45) is -12.0. The summed E-state index contributed by atoms with van der Waals surface area (Å²) in [7, 11) is 0. The number of halogens is 9. The number of hydrogen-bond acceptors (Lipinski definition) is 3. The zero-order valence-electron chi connectivity index (χ0n) is 8.41. The van der Waals surface area contributed by atoms with Gasteiger partial charge in [-0.15, -0.1) is 0 Å². The molecule has 0 spiro atoms. The van der Waals surface area contributed by atoms with Crippen LogP contribution < -0.4 is 0 Å². The smallest absolute Gasteiger partial charge is 0.430 e. The van der Waals surface area contributed by atoms with E-state index in [4.69, 9.17) is 0 Å². The van der Waals surface area contributed by atoms with Gasteiger partial charge in [-0.3, -0.25) is 0 Å². The highest BCUT2D eigenvalue weighted by atomic mass is 19.4. The lowest BCUT2D eigenvalue weighted by atomic mass is 9.99. The maximum Gasteiger partial charge on any atom is 0.509 e. The summed E-state index contributed by atoms with van der Waals surface area (Å²) in [5, 5.41) is 0. The highest BCUT2D eigenvalue weighted by molar-refractivity contribution is 5.62. The first-order valence-corrected chi connectivity index (χ1v) is 4.28. The number of carbonyl (C=O) groups excluding carboxylic acids is 1. The zero-order chi connectivity index (χ0) is 15.3. The van der Waals surface area contributed by atoms with Gasteiger partial charge in [-0.25, -0.2) is 4.79 Å². The summed E-state index contributed by atoms with van der Waals surface area (Å²) in [4.78, 5) is 10.2. The van der Waals surface area contributed by atoms with Crippen LogP contribution in [-0.4, -0.2) is 42.8 Å². The third-order valence-corrected chi connectivity index (χ3v) is 2.16. The molecule has 1 atom stereocenters. The zero-order valence-corrected chi connectivity index (χ0v) is 8.41. The molecular weight excluding hydrogens is 303 g/mol. The number of hydrogen-bond donors (Lipinski definition) is 0. The fraction of sp³-hybridized carbons (Fsp3) is 0.857. The van der Waals surface area contributed by atoms with Crippen molar-refractivity contribution in [3.63, 3.8) is 0 Å². The van der Waals surface area contributed by atoms with Crippen molar-refractivity contribution in [3.8, 4) is 0 Å². The normalized spacial score (nSPS) is 22.2. The molecule has 0 aliphatic carbocycles. The molecule has 0 saturated carbocycles. The Morgan fingerprint density at radius 2 is 1.37 bits per heavy atom. The average Bonchev–Trinajstić information content (AvgIpc) is 2.63. The molecule has 0 aromatic rings. The first-order chi connectivity index (χ1) is 8.25. The minimum absolute atomic E-state index is 1.57.